The molecule has 0 aromatic heterocycles. The van der Waals surface area contributed by atoms with E-state index in [2.05, 4.69) is 20.9 Å². The van der Waals surface area contributed by atoms with Gasteiger partial charge in [0, 0.05) is 37.8 Å². The standard InChI is InChI=1S/C21H26F2N4O/c1-3-25-21(27-13-11-17-18(22)8-5-9-19(17)23)26-12-10-15-6-4-7-16(14-15)20(28)24-2/h4-9,14H,3,10-13H2,1-2H3,(H,24,28)(H2,25,26,27). The molecule has 0 aliphatic heterocycles. The predicted molar refractivity (Wildman–Crippen MR) is 108 cm³/mol. The summed E-state index contributed by atoms with van der Waals surface area (Å²) in [6.45, 7) is 3.49. The molecular weight excluding hydrogens is 362 g/mol. The molecule has 2 aromatic rings. The Morgan fingerprint density at radius 2 is 1.75 bits per heavy atom. The largest absolute Gasteiger partial charge is 0.357 e. The van der Waals surface area contributed by atoms with Crippen LogP contribution in [-0.2, 0) is 12.8 Å². The molecule has 0 saturated carbocycles. The second-order valence-corrected chi connectivity index (χ2v) is 6.17. The van der Waals surface area contributed by atoms with Gasteiger partial charge in [0.15, 0.2) is 5.96 Å². The second kappa shape index (κ2) is 11.0. The van der Waals surface area contributed by atoms with E-state index in [0.29, 0.717) is 31.0 Å². The lowest BCUT2D eigenvalue weighted by Gasteiger charge is -2.12. The maximum absolute atomic E-state index is 13.7. The molecule has 0 bridgehead atoms. The first kappa shape index (κ1) is 21.3. The maximum atomic E-state index is 13.7. The Balaban J connectivity index is 1.90. The molecule has 0 atom stereocenters. The maximum Gasteiger partial charge on any atom is 0.251 e. The quantitative estimate of drug-likeness (QED) is 0.481. The first-order chi connectivity index (χ1) is 13.5. The van der Waals surface area contributed by atoms with Crippen molar-refractivity contribution in [2.75, 3.05) is 26.7 Å². The predicted octanol–water partition coefficient (Wildman–Crippen LogP) is 2.66. The van der Waals surface area contributed by atoms with Crippen LogP contribution in [0.5, 0.6) is 0 Å². The molecule has 0 aliphatic rings. The molecule has 0 unspecified atom stereocenters. The van der Waals surface area contributed by atoms with Crippen molar-refractivity contribution in [3.63, 3.8) is 0 Å². The molecule has 0 saturated heterocycles. The molecular formula is C21H26F2N4O. The van der Waals surface area contributed by atoms with Gasteiger partial charge in [-0.1, -0.05) is 18.2 Å². The SMILES string of the molecule is CCNC(=NCCc1c(F)cccc1F)NCCc1cccc(C(=O)NC)c1. The number of aliphatic imine (C=N–C) groups is 1. The zero-order chi connectivity index (χ0) is 20.4. The highest BCUT2D eigenvalue weighted by Crippen LogP contribution is 2.12. The van der Waals surface area contributed by atoms with Crippen LogP contribution in [0.1, 0.15) is 28.4 Å². The highest BCUT2D eigenvalue weighted by atomic mass is 19.1. The fourth-order valence-electron chi connectivity index (χ4n) is 2.73. The minimum Gasteiger partial charge on any atom is -0.357 e. The van der Waals surface area contributed by atoms with Crippen LogP contribution < -0.4 is 16.0 Å². The van der Waals surface area contributed by atoms with Gasteiger partial charge in [-0.25, -0.2) is 8.78 Å². The van der Waals surface area contributed by atoms with Gasteiger partial charge in [0.25, 0.3) is 5.91 Å². The number of amides is 1. The summed E-state index contributed by atoms with van der Waals surface area (Å²) in [5.74, 6) is -0.639. The number of hydrogen-bond donors (Lipinski definition) is 3. The van der Waals surface area contributed by atoms with E-state index in [1.807, 2.05) is 25.1 Å². The summed E-state index contributed by atoms with van der Waals surface area (Å²) in [6.07, 6.45) is 0.889. The highest BCUT2D eigenvalue weighted by Gasteiger charge is 2.08. The van der Waals surface area contributed by atoms with E-state index in [1.165, 1.54) is 18.2 Å². The molecule has 7 heteroatoms. The van der Waals surface area contributed by atoms with Crippen LogP contribution in [0.2, 0.25) is 0 Å². The Labute approximate surface area is 164 Å². The van der Waals surface area contributed by atoms with Gasteiger partial charge in [0.2, 0.25) is 0 Å². The third-order valence-corrected chi connectivity index (χ3v) is 4.16. The molecule has 0 heterocycles. The van der Waals surface area contributed by atoms with E-state index in [4.69, 9.17) is 0 Å². The minimum absolute atomic E-state index is 0.0492. The van der Waals surface area contributed by atoms with Crippen LogP contribution >= 0.6 is 0 Å². The van der Waals surface area contributed by atoms with Crippen molar-refractivity contribution in [1.82, 2.24) is 16.0 Å². The molecule has 2 aromatic carbocycles. The van der Waals surface area contributed by atoms with Crippen LogP contribution in [0.4, 0.5) is 8.78 Å². The number of carbonyl (C=O) groups is 1. The summed E-state index contributed by atoms with van der Waals surface area (Å²) in [6, 6.07) is 11.3. The van der Waals surface area contributed by atoms with Gasteiger partial charge in [-0.2, -0.15) is 0 Å². The van der Waals surface area contributed by atoms with Gasteiger partial charge in [0.1, 0.15) is 11.6 Å². The number of guanidine groups is 1. The zero-order valence-corrected chi connectivity index (χ0v) is 16.2. The van der Waals surface area contributed by atoms with Crippen molar-refractivity contribution in [2.45, 2.75) is 19.8 Å². The van der Waals surface area contributed by atoms with Crippen molar-refractivity contribution in [3.8, 4) is 0 Å². The van der Waals surface area contributed by atoms with Gasteiger partial charge < -0.3 is 16.0 Å². The lowest BCUT2D eigenvalue weighted by molar-refractivity contribution is 0.0963. The van der Waals surface area contributed by atoms with E-state index in [0.717, 1.165) is 5.56 Å². The van der Waals surface area contributed by atoms with Gasteiger partial charge in [-0.15, -0.1) is 0 Å². The average Bonchev–Trinajstić information content (AvgIpc) is 2.69. The Kier molecular flexibility index (Phi) is 8.39. The number of nitrogens with zero attached hydrogens (tertiary/aromatic N) is 1. The van der Waals surface area contributed by atoms with Gasteiger partial charge >= 0.3 is 0 Å². The number of halogens is 2. The molecule has 0 radical (unpaired) electrons. The van der Waals surface area contributed by atoms with E-state index in [1.54, 1.807) is 13.1 Å². The lowest BCUT2D eigenvalue weighted by Crippen LogP contribution is -2.38. The summed E-state index contributed by atoms with van der Waals surface area (Å²) in [5, 5.41) is 8.92. The summed E-state index contributed by atoms with van der Waals surface area (Å²) >= 11 is 0. The topological polar surface area (TPSA) is 65.5 Å². The van der Waals surface area contributed by atoms with Crippen LogP contribution in [0, 0.1) is 11.6 Å². The van der Waals surface area contributed by atoms with Gasteiger partial charge in [-0.3, -0.25) is 9.79 Å². The van der Waals surface area contributed by atoms with Crippen LogP contribution in [0.25, 0.3) is 0 Å². The Morgan fingerprint density at radius 3 is 2.43 bits per heavy atom. The normalized spacial score (nSPS) is 11.2. The molecule has 0 spiro atoms. The van der Waals surface area contributed by atoms with Crippen molar-refractivity contribution in [1.29, 1.82) is 0 Å². The van der Waals surface area contributed by atoms with E-state index >= 15 is 0 Å². The fraction of sp³-hybridized carbons (Fsp3) is 0.333. The van der Waals surface area contributed by atoms with Crippen LogP contribution in [0.3, 0.4) is 0 Å². The van der Waals surface area contributed by atoms with Gasteiger partial charge in [-0.05, 0) is 49.6 Å². The van der Waals surface area contributed by atoms with Crippen molar-refractivity contribution in [2.24, 2.45) is 4.99 Å². The first-order valence-electron chi connectivity index (χ1n) is 9.31. The summed E-state index contributed by atoms with van der Waals surface area (Å²) in [7, 11) is 1.60. The number of carbonyl (C=O) groups excluding carboxylic acids is 1. The summed E-state index contributed by atoms with van der Waals surface area (Å²) in [4.78, 5) is 16.1. The summed E-state index contributed by atoms with van der Waals surface area (Å²) in [5.41, 5.74) is 1.69. The zero-order valence-electron chi connectivity index (χ0n) is 16.2. The minimum atomic E-state index is -0.552. The molecule has 150 valence electrons. The lowest BCUT2D eigenvalue weighted by atomic mass is 10.1. The smallest absolute Gasteiger partial charge is 0.251 e. The van der Waals surface area contributed by atoms with E-state index in [9.17, 15) is 13.6 Å². The number of benzene rings is 2. The average molecular weight is 388 g/mol. The number of rotatable bonds is 8. The fourth-order valence-corrected chi connectivity index (χ4v) is 2.73. The Hall–Kier alpha value is -2.96. The van der Waals surface area contributed by atoms with Crippen molar-refractivity contribution >= 4 is 11.9 Å². The molecule has 28 heavy (non-hydrogen) atoms. The number of hydrogen-bond acceptors (Lipinski definition) is 2. The van der Waals surface area contributed by atoms with Crippen LogP contribution in [0.15, 0.2) is 47.5 Å². The van der Waals surface area contributed by atoms with E-state index < -0.39 is 11.6 Å². The molecule has 0 aliphatic carbocycles. The molecule has 0 fully saturated rings. The summed E-state index contributed by atoms with van der Waals surface area (Å²) < 4.78 is 27.4. The third kappa shape index (κ3) is 6.33. The van der Waals surface area contributed by atoms with Crippen molar-refractivity contribution in [3.05, 3.63) is 70.8 Å². The Morgan fingerprint density at radius 1 is 1.04 bits per heavy atom. The van der Waals surface area contributed by atoms with Crippen LogP contribution in [-0.4, -0.2) is 38.5 Å². The van der Waals surface area contributed by atoms with Crippen molar-refractivity contribution < 1.29 is 13.6 Å². The van der Waals surface area contributed by atoms with Gasteiger partial charge in [0.05, 0.1) is 0 Å². The first-order valence-corrected chi connectivity index (χ1v) is 9.31. The monoisotopic (exact) mass is 388 g/mol. The van der Waals surface area contributed by atoms with E-state index in [-0.39, 0.29) is 24.4 Å². The Bertz CT molecular complexity index is 804. The molecule has 1 amide bonds. The number of nitrogens with one attached hydrogen (secondary N) is 3. The molecule has 2 rings (SSSR count). The highest BCUT2D eigenvalue weighted by molar-refractivity contribution is 5.94. The second-order valence-electron chi connectivity index (χ2n) is 6.17. The molecule has 3 N–H and O–H groups in total. The molecule has 5 nitrogen and oxygen atoms in total. The third-order valence-electron chi connectivity index (χ3n) is 4.16.